The molecule has 4 heteroatoms. The summed E-state index contributed by atoms with van der Waals surface area (Å²) in [6.07, 6.45) is 12.7. The molecule has 0 amide bonds. The molecule has 0 spiro atoms. The third-order valence-corrected chi connectivity index (χ3v) is 5.09. The second kappa shape index (κ2) is 9.51. The van der Waals surface area contributed by atoms with E-state index in [0.717, 1.165) is 38.7 Å². The van der Waals surface area contributed by atoms with Crippen LogP contribution in [0.4, 0.5) is 0 Å². The molecule has 0 aromatic heterocycles. The normalized spacial score (nSPS) is 30.0. The third kappa shape index (κ3) is 5.24. The van der Waals surface area contributed by atoms with Gasteiger partial charge in [0.15, 0.2) is 0 Å². The van der Waals surface area contributed by atoms with Gasteiger partial charge in [-0.2, -0.15) is 0 Å². The minimum atomic E-state index is -0.679. The van der Waals surface area contributed by atoms with Crippen molar-refractivity contribution in [2.24, 2.45) is 5.92 Å². The molecule has 1 N–H and O–H groups in total. The Hall–Kier alpha value is -0.610. The second-order valence-corrected chi connectivity index (χ2v) is 6.84. The zero-order valence-electron chi connectivity index (χ0n) is 14.0. The molecule has 2 aliphatic rings. The molecule has 22 heavy (non-hydrogen) atoms. The molecular formula is C18H32O4. The van der Waals surface area contributed by atoms with Crippen molar-refractivity contribution in [3.8, 4) is 0 Å². The highest BCUT2D eigenvalue weighted by molar-refractivity contribution is 5.66. The highest BCUT2D eigenvalue weighted by atomic mass is 16.6. The second-order valence-electron chi connectivity index (χ2n) is 6.84. The van der Waals surface area contributed by atoms with Gasteiger partial charge in [0.1, 0.15) is 0 Å². The highest BCUT2D eigenvalue weighted by Crippen LogP contribution is 2.43. The molecule has 4 unspecified atom stereocenters. The Labute approximate surface area is 134 Å². The molecule has 0 aromatic carbocycles. The van der Waals surface area contributed by atoms with Crippen molar-refractivity contribution >= 4 is 5.97 Å². The molecule has 0 radical (unpaired) electrons. The molecule has 0 aliphatic carbocycles. The van der Waals surface area contributed by atoms with Gasteiger partial charge in [0.25, 0.3) is 0 Å². The van der Waals surface area contributed by atoms with Gasteiger partial charge in [-0.15, -0.1) is 0 Å². The molecule has 128 valence electrons. The maximum Gasteiger partial charge on any atom is 0.303 e. The van der Waals surface area contributed by atoms with E-state index in [2.05, 4.69) is 6.92 Å². The number of aliphatic carboxylic acids is 1. The van der Waals surface area contributed by atoms with E-state index in [4.69, 9.17) is 14.6 Å². The smallest absolute Gasteiger partial charge is 0.303 e. The zero-order valence-corrected chi connectivity index (χ0v) is 14.0. The molecule has 2 saturated heterocycles. The molecule has 0 aromatic rings. The van der Waals surface area contributed by atoms with Crippen molar-refractivity contribution in [3.63, 3.8) is 0 Å². The number of carboxylic acid groups (broad SMARTS) is 1. The summed E-state index contributed by atoms with van der Waals surface area (Å²) in [5.41, 5.74) is 0. The van der Waals surface area contributed by atoms with E-state index >= 15 is 0 Å². The Bertz CT molecular complexity index is 331. The number of ether oxygens (including phenoxy) is 2. The Kier molecular flexibility index (Phi) is 7.67. The van der Waals surface area contributed by atoms with Gasteiger partial charge in [0.2, 0.25) is 0 Å². The average molecular weight is 312 g/mol. The highest BCUT2D eigenvalue weighted by Gasteiger charge is 2.48. The Morgan fingerprint density at radius 2 is 1.86 bits per heavy atom. The van der Waals surface area contributed by atoms with E-state index in [1.54, 1.807) is 0 Å². The maximum atomic E-state index is 10.5. The summed E-state index contributed by atoms with van der Waals surface area (Å²) in [6.45, 7) is 3.09. The van der Waals surface area contributed by atoms with E-state index in [0.29, 0.717) is 30.7 Å². The molecule has 4 atom stereocenters. The number of carboxylic acids is 1. The minimum Gasteiger partial charge on any atom is -0.481 e. The largest absolute Gasteiger partial charge is 0.481 e. The Balaban J connectivity index is 1.63. The quantitative estimate of drug-likeness (QED) is 0.550. The van der Waals surface area contributed by atoms with E-state index in [-0.39, 0.29) is 0 Å². The van der Waals surface area contributed by atoms with Crippen LogP contribution in [0.3, 0.4) is 0 Å². The van der Waals surface area contributed by atoms with Crippen LogP contribution < -0.4 is 0 Å². The van der Waals surface area contributed by atoms with Crippen LogP contribution in [0.25, 0.3) is 0 Å². The summed E-state index contributed by atoms with van der Waals surface area (Å²) >= 11 is 0. The van der Waals surface area contributed by atoms with E-state index in [1.165, 1.54) is 32.1 Å². The summed E-state index contributed by atoms with van der Waals surface area (Å²) in [7, 11) is 0. The van der Waals surface area contributed by atoms with Crippen LogP contribution >= 0.6 is 0 Å². The number of fused-ring (bicyclic) bond motifs is 2. The van der Waals surface area contributed by atoms with Crippen molar-refractivity contribution in [1.82, 2.24) is 0 Å². The molecule has 2 fully saturated rings. The van der Waals surface area contributed by atoms with Crippen molar-refractivity contribution in [3.05, 3.63) is 0 Å². The predicted molar refractivity (Wildman–Crippen MR) is 86.0 cm³/mol. The number of rotatable bonds is 12. The molecule has 2 bridgehead atoms. The molecule has 2 rings (SSSR count). The summed E-state index contributed by atoms with van der Waals surface area (Å²) in [4.78, 5) is 10.5. The van der Waals surface area contributed by atoms with Gasteiger partial charge in [-0.1, -0.05) is 39.0 Å². The fraction of sp³-hybridized carbons (Fsp3) is 0.944. The van der Waals surface area contributed by atoms with Crippen LogP contribution in [-0.2, 0) is 14.3 Å². The third-order valence-electron chi connectivity index (χ3n) is 5.09. The lowest BCUT2D eigenvalue weighted by atomic mass is 9.83. The maximum absolute atomic E-state index is 10.5. The van der Waals surface area contributed by atoms with Gasteiger partial charge in [0, 0.05) is 18.9 Å². The Morgan fingerprint density at radius 3 is 2.64 bits per heavy atom. The molecule has 2 heterocycles. The van der Waals surface area contributed by atoms with Crippen molar-refractivity contribution in [2.75, 3.05) is 6.61 Å². The van der Waals surface area contributed by atoms with Gasteiger partial charge in [-0.3, -0.25) is 4.79 Å². The first kappa shape index (κ1) is 17.7. The van der Waals surface area contributed by atoms with Gasteiger partial charge in [0.05, 0.1) is 18.3 Å². The van der Waals surface area contributed by atoms with Crippen LogP contribution in [0.15, 0.2) is 0 Å². The SMILES string of the molecule is CCCCCOC1C2CCC(O2)C1CCCCCCC(=O)O. The van der Waals surface area contributed by atoms with E-state index in [9.17, 15) is 4.79 Å². The fourth-order valence-electron chi connectivity index (χ4n) is 3.90. The van der Waals surface area contributed by atoms with Gasteiger partial charge in [-0.05, 0) is 32.1 Å². The van der Waals surface area contributed by atoms with E-state index in [1.807, 2.05) is 0 Å². The average Bonchev–Trinajstić information content (AvgIpc) is 3.08. The molecular weight excluding hydrogens is 280 g/mol. The van der Waals surface area contributed by atoms with Crippen molar-refractivity contribution in [2.45, 2.75) is 95.9 Å². The first-order valence-corrected chi connectivity index (χ1v) is 9.21. The zero-order chi connectivity index (χ0) is 15.8. The van der Waals surface area contributed by atoms with Gasteiger partial charge >= 0.3 is 5.97 Å². The lowest BCUT2D eigenvalue weighted by molar-refractivity contribution is -0.137. The molecule has 4 nitrogen and oxygen atoms in total. The monoisotopic (exact) mass is 312 g/mol. The number of hydrogen-bond donors (Lipinski definition) is 1. The summed E-state index contributed by atoms with van der Waals surface area (Å²) in [5, 5.41) is 8.64. The summed E-state index contributed by atoms with van der Waals surface area (Å²) in [6, 6.07) is 0. The first-order chi connectivity index (χ1) is 10.7. The number of carbonyl (C=O) groups is 1. The summed E-state index contributed by atoms with van der Waals surface area (Å²) < 4.78 is 12.2. The fourth-order valence-corrected chi connectivity index (χ4v) is 3.90. The van der Waals surface area contributed by atoms with Crippen LogP contribution in [0.5, 0.6) is 0 Å². The van der Waals surface area contributed by atoms with E-state index < -0.39 is 5.97 Å². The van der Waals surface area contributed by atoms with Crippen LogP contribution in [0.1, 0.15) is 77.6 Å². The van der Waals surface area contributed by atoms with Crippen LogP contribution in [0.2, 0.25) is 0 Å². The first-order valence-electron chi connectivity index (χ1n) is 9.21. The molecule has 0 saturated carbocycles. The minimum absolute atomic E-state index is 0.306. The number of unbranched alkanes of at least 4 members (excludes halogenated alkanes) is 5. The molecule has 2 aliphatic heterocycles. The predicted octanol–water partition coefficient (Wildman–Crippen LogP) is 4.16. The topological polar surface area (TPSA) is 55.8 Å². The lowest BCUT2D eigenvalue weighted by Gasteiger charge is -2.28. The van der Waals surface area contributed by atoms with Gasteiger partial charge in [-0.25, -0.2) is 0 Å². The van der Waals surface area contributed by atoms with Crippen molar-refractivity contribution in [1.29, 1.82) is 0 Å². The lowest BCUT2D eigenvalue weighted by Crippen LogP contribution is -2.35. The summed E-state index contributed by atoms with van der Waals surface area (Å²) in [5.74, 6) is -0.109. The van der Waals surface area contributed by atoms with Gasteiger partial charge < -0.3 is 14.6 Å². The van der Waals surface area contributed by atoms with Crippen molar-refractivity contribution < 1.29 is 19.4 Å². The van der Waals surface area contributed by atoms with Crippen LogP contribution in [0, 0.1) is 5.92 Å². The standard InChI is InChI=1S/C18H32O4/c1-2-3-8-13-21-18-14(15-11-12-16(18)22-15)9-6-4-5-7-10-17(19)20/h14-16,18H,2-13H2,1H3,(H,19,20). The number of hydrogen-bond acceptors (Lipinski definition) is 3. The Morgan fingerprint density at radius 1 is 1.09 bits per heavy atom. The van der Waals surface area contributed by atoms with Crippen LogP contribution in [-0.4, -0.2) is 36.0 Å².